The van der Waals surface area contributed by atoms with E-state index in [0.29, 0.717) is 25.7 Å². The van der Waals surface area contributed by atoms with E-state index in [1.54, 1.807) is 19.3 Å². The molecule has 0 amide bonds. The van der Waals surface area contributed by atoms with Crippen LogP contribution in [0.3, 0.4) is 0 Å². The number of aromatic nitrogens is 1. The third-order valence-electron chi connectivity index (χ3n) is 4.06. The van der Waals surface area contributed by atoms with Gasteiger partial charge < -0.3 is 15.4 Å². The van der Waals surface area contributed by atoms with Crippen LogP contribution in [0.1, 0.15) is 16.8 Å². The molecule has 0 fully saturated rings. The molecule has 0 radical (unpaired) electrons. The first-order valence-electron chi connectivity index (χ1n) is 9.03. The second-order valence-electron chi connectivity index (χ2n) is 6.16. The fourth-order valence-corrected chi connectivity index (χ4v) is 2.58. The molecule has 6 heteroatoms. The lowest BCUT2D eigenvalue weighted by molar-refractivity contribution is 0.305. The highest BCUT2D eigenvalue weighted by molar-refractivity contribution is 5.79. The van der Waals surface area contributed by atoms with E-state index < -0.39 is 0 Å². The largest absolute Gasteiger partial charge is 0.489 e. The van der Waals surface area contributed by atoms with E-state index in [2.05, 4.69) is 20.6 Å². The quantitative estimate of drug-likeness (QED) is 0.487. The van der Waals surface area contributed by atoms with Gasteiger partial charge in [0.2, 0.25) is 0 Å². The van der Waals surface area contributed by atoms with Crippen LogP contribution in [0.25, 0.3) is 0 Å². The minimum Gasteiger partial charge on any atom is -0.489 e. The molecule has 2 aromatic carbocycles. The number of hydrogen-bond donors (Lipinski definition) is 2. The first kappa shape index (κ1) is 19.4. The predicted octanol–water partition coefficient (Wildman–Crippen LogP) is 3.66. The molecule has 0 unspecified atom stereocenters. The number of ether oxygens (including phenoxy) is 1. The molecule has 144 valence electrons. The summed E-state index contributed by atoms with van der Waals surface area (Å²) in [4.78, 5) is 8.49. The topological polar surface area (TPSA) is 58.5 Å². The molecule has 1 heterocycles. The Hall–Kier alpha value is -3.41. The van der Waals surface area contributed by atoms with Crippen molar-refractivity contribution in [2.75, 3.05) is 7.05 Å². The summed E-state index contributed by atoms with van der Waals surface area (Å²) in [5.41, 5.74) is 2.85. The molecule has 5 nitrogen and oxygen atoms in total. The molecule has 1 aromatic heterocycles. The summed E-state index contributed by atoms with van der Waals surface area (Å²) >= 11 is 0. The number of aliphatic imine (C=N–C) groups is 1. The zero-order chi connectivity index (χ0) is 19.6. The van der Waals surface area contributed by atoms with Crippen LogP contribution in [0.15, 0.2) is 77.9 Å². The smallest absolute Gasteiger partial charge is 0.191 e. The number of benzene rings is 2. The molecule has 0 aliphatic carbocycles. The maximum Gasteiger partial charge on any atom is 0.191 e. The summed E-state index contributed by atoms with van der Waals surface area (Å²) in [7, 11) is 1.73. The van der Waals surface area contributed by atoms with E-state index in [1.165, 1.54) is 12.1 Å². The summed E-state index contributed by atoms with van der Waals surface area (Å²) in [6.07, 6.45) is 1.77. The van der Waals surface area contributed by atoms with E-state index >= 15 is 0 Å². The van der Waals surface area contributed by atoms with Gasteiger partial charge in [-0.3, -0.25) is 9.98 Å². The summed E-state index contributed by atoms with van der Waals surface area (Å²) in [6, 6.07) is 20.0. The summed E-state index contributed by atoms with van der Waals surface area (Å²) in [5, 5.41) is 6.50. The van der Waals surface area contributed by atoms with Gasteiger partial charge in [0.05, 0.1) is 12.2 Å². The molecule has 28 heavy (non-hydrogen) atoms. The van der Waals surface area contributed by atoms with Crippen molar-refractivity contribution < 1.29 is 9.13 Å². The summed E-state index contributed by atoms with van der Waals surface area (Å²) in [6.45, 7) is 1.57. The minimum atomic E-state index is -0.257. The average molecular weight is 378 g/mol. The van der Waals surface area contributed by atoms with Crippen molar-refractivity contribution in [3.8, 4) is 5.75 Å². The van der Waals surface area contributed by atoms with Crippen molar-refractivity contribution in [1.82, 2.24) is 15.6 Å². The highest BCUT2D eigenvalue weighted by atomic mass is 19.1. The Kier molecular flexibility index (Phi) is 6.95. The Balaban J connectivity index is 1.45. The fraction of sp³-hybridized carbons (Fsp3) is 0.182. The van der Waals surface area contributed by atoms with Gasteiger partial charge >= 0.3 is 0 Å². The molecule has 0 atom stereocenters. The van der Waals surface area contributed by atoms with Crippen molar-refractivity contribution in [2.45, 2.75) is 19.7 Å². The van der Waals surface area contributed by atoms with Gasteiger partial charge in [-0.1, -0.05) is 30.3 Å². The molecule has 0 aliphatic heterocycles. The number of nitrogens with zero attached hydrogens (tertiary/aromatic N) is 2. The number of pyridine rings is 1. The van der Waals surface area contributed by atoms with E-state index in [0.717, 1.165) is 22.6 Å². The van der Waals surface area contributed by atoms with Crippen molar-refractivity contribution in [1.29, 1.82) is 0 Å². The van der Waals surface area contributed by atoms with Crippen LogP contribution in [-0.2, 0) is 19.7 Å². The first-order valence-corrected chi connectivity index (χ1v) is 9.03. The Morgan fingerprint density at radius 2 is 1.79 bits per heavy atom. The van der Waals surface area contributed by atoms with Crippen molar-refractivity contribution in [3.05, 3.63) is 95.6 Å². The Morgan fingerprint density at radius 1 is 0.964 bits per heavy atom. The monoisotopic (exact) mass is 378 g/mol. The molecule has 0 bridgehead atoms. The van der Waals surface area contributed by atoms with Crippen LogP contribution in [0.4, 0.5) is 4.39 Å². The number of guanidine groups is 1. The van der Waals surface area contributed by atoms with Gasteiger partial charge in [-0.2, -0.15) is 0 Å². The fourth-order valence-electron chi connectivity index (χ4n) is 2.58. The standard InChI is InChI=1S/C22H23FN4O/c1-24-22(27-15-20-7-2-3-12-25-20)26-14-17-8-10-21(11-9-17)28-16-18-5-4-6-19(23)13-18/h2-13H,14-16H2,1H3,(H2,24,26,27). The Labute approximate surface area is 164 Å². The number of halogens is 1. The molecular formula is C22H23FN4O. The third kappa shape index (κ3) is 6.09. The van der Waals surface area contributed by atoms with Crippen molar-refractivity contribution in [2.24, 2.45) is 4.99 Å². The van der Waals surface area contributed by atoms with Gasteiger partial charge in [-0.05, 0) is 47.5 Å². The van der Waals surface area contributed by atoms with Gasteiger partial charge in [-0.15, -0.1) is 0 Å². The van der Waals surface area contributed by atoms with E-state index in [-0.39, 0.29) is 5.82 Å². The Morgan fingerprint density at radius 3 is 2.50 bits per heavy atom. The first-order chi connectivity index (χ1) is 13.7. The molecule has 0 spiro atoms. The third-order valence-corrected chi connectivity index (χ3v) is 4.06. The van der Waals surface area contributed by atoms with Crippen LogP contribution in [0.2, 0.25) is 0 Å². The van der Waals surface area contributed by atoms with E-state index in [4.69, 9.17) is 4.74 Å². The molecular weight excluding hydrogens is 355 g/mol. The zero-order valence-electron chi connectivity index (χ0n) is 15.7. The number of rotatable bonds is 7. The maximum atomic E-state index is 13.2. The minimum absolute atomic E-state index is 0.257. The summed E-state index contributed by atoms with van der Waals surface area (Å²) in [5.74, 6) is 1.19. The van der Waals surface area contributed by atoms with Crippen LogP contribution < -0.4 is 15.4 Å². The lowest BCUT2D eigenvalue weighted by Gasteiger charge is -2.12. The predicted molar refractivity (Wildman–Crippen MR) is 108 cm³/mol. The Bertz CT molecular complexity index is 898. The van der Waals surface area contributed by atoms with Crippen LogP contribution in [-0.4, -0.2) is 18.0 Å². The van der Waals surface area contributed by atoms with Crippen molar-refractivity contribution in [3.63, 3.8) is 0 Å². The average Bonchev–Trinajstić information content (AvgIpc) is 2.74. The van der Waals surface area contributed by atoms with Crippen LogP contribution in [0, 0.1) is 5.82 Å². The lowest BCUT2D eigenvalue weighted by Crippen LogP contribution is -2.36. The van der Waals surface area contributed by atoms with Gasteiger partial charge in [0.25, 0.3) is 0 Å². The van der Waals surface area contributed by atoms with Crippen LogP contribution >= 0.6 is 0 Å². The van der Waals surface area contributed by atoms with Crippen LogP contribution in [0.5, 0.6) is 5.75 Å². The molecule has 3 rings (SSSR count). The maximum absolute atomic E-state index is 13.2. The normalized spacial score (nSPS) is 11.1. The van der Waals surface area contributed by atoms with Gasteiger partial charge in [0.1, 0.15) is 18.2 Å². The highest BCUT2D eigenvalue weighted by Crippen LogP contribution is 2.14. The molecule has 3 aromatic rings. The van der Waals surface area contributed by atoms with Crippen molar-refractivity contribution >= 4 is 5.96 Å². The summed E-state index contributed by atoms with van der Waals surface area (Å²) < 4.78 is 18.9. The highest BCUT2D eigenvalue weighted by Gasteiger charge is 2.01. The van der Waals surface area contributed by atoms with Gasteiger partial charge in [-0.25, -0.2) is 4.39 Å². The van der Waals surface area contributed by atoms with Gasteiger partial charge in [0.15, 0.2) is 5.96 Å². The second-order valence-corrected chi connectivity index (χ2v) is 6.16. The lowest BCUT2D eigenvalue weighted by atomic mass is 10.2. The molecule has 0 saturated heterocycles. The van der Waals surface area contributed by atoms with E-state index in [9.17, 15) is 4.39 Å². The van der Waals surface area contributed by atoms with E-state index in [1.807, 2.05) is 48.5 Å². The zero-order valence-corrected chi connectivity index (χ0v) is 15.7. The molecule has 2 N–H and O–H groups in total. The number of hydrogen-bond acceptors (Lipinski definition) is 3. The van der Waals surface area contributed by atoms with Gasteiger partial charge in [0, 0.05) is 19.8 Å². The second kappa shape index (κ2) is 10.1. The SMILES string of the molecule is CN=C(NCc1ccc(OCc2cccc(F)c2)cc1)NCc1ccccn1. The molecule has 0 aliphatic rings. The number of nitrogens with one attached hydrogen (secondary N) is 2. The molecule has 0 saturated carbocycles.